The first-order valence-electron chi connectivity index (χ1n) is 6.31. The Bertz CT molecular complexity index is 685. The summed E-state index contributed by atoms with van der Waals surface area (Å²) in [4.78, 5) is 4.25. The van der Waals surface area contributed by atoms with Crippen molar-refractivity contribution in [1.82, 2.24) is 9.55 Å². The number of hydrogen-bond donors (Lipinski definition) is 2. The quantitative estimate of drug-likeness (QED) is 0.873. The van der Waals surface area contributed by atoms with E-state index in [0.29, 0.717) is 18.8 Å². The molecule has 2 aromatic rings. The molecule has 108 valence electrons. The average molecular weight is 294 g/mol. The number of nitrogens with one attached hydrogen (secondary N) is 1. The molecule has 2 rings (SSSR count). The summed E-state index contributed by atoms with van der Waals surface area (Å²) in [7, 11) is -3.61. The zero-order valence-corrected chi connectivity index (χ0v) is 12.3. The number of nitrogens with zero attached hydrogens (tertiary/aromatic N) is 2. The van der Waals surface area contributed by atoms with Crippen LogP contribution in [0.1, 0.15) is 18.3 Å². The van der Waals surface area contributed by atoms with Gasteiger partial charge >= 0.3 is 0 Å². The molecule has 0 saturated carbocycles. The number of hydrogen-bond acceptors (Lipinski definition) is 4. The molecule has 7 heteroatoms. The monoisotopic (exact) mass is 294 g/mol. The molecule has 0 saturated heterocycles. The summed E-state index contributed by atoms with van der Waals surface area (Å²) in [6, 6.07) is 4.89. The van der Waals surface area contributed by atoms with Crippen LogP contribution in [0.3, 0.4) is 0 Å². The summed E-state index contributed by atoms with van der Waals surface area (Å²) in [6.07, 6.45) is 3.16. The molecule has 20 heavy (non-hydrogen) atoms. The highest BCUT2D eigenvalue weighted by Crippen LogP contribution is 2.18. The van der Waals surface area contributed by atoms with Crippen LogP contribution in [-0.4, -0.2) is 18.0 Å². The molecule has 2 heterocycles. The van der Waals surface area contributed by atoms with Gasteiger partial charge in [-0.15, -0.1) is 0 Å². The van der Waals surface area contributed by atoms with Gasteiger partial charge in [-0.3, -0.25) is 9.71 Å². The molecule has 0 atom stereocenters. The lowest BCUT2D eigenvalue weighted by Gasteiger charge is -2.06. The Labute approximate surface area is 118 Å². The number of anilines is 1. The molecule has 0 aromatic carbocycles. The minimum Gasteiger partial charge on any atom is -0.349 e. The number of aryl methyl sites for hydroxylation is 2. The molecular formula is C13H18N4O2S. The highest BCUT2D eigenvalue weighted by Gasteiger charge is 2.18. The Morgan fingerprint density at radius 2 is 2.15 bits per heavy atom. The summed E-state index contributed by atoms with van der Waals surface area (Å²) in [6.45, 7) is 4.72. The minimum atomic E-state index is -3.61. The van der Waals surface area contributed by atoms with Crippen molar-refractivity contribution in [1.29, 1.82) is 0 Å². The average Bonchev–Trinajstić information content (AvgIpc) is 2.82. The van der Waals surface area contributed by atoms with E-state index in [0.717, 1.165) is 11.4 Å². The number of nitrogens with two attached hydrogens (primary N) is 1. The molecule has 0 unspecified atom stereocenters. The third kappa shape index (κ3) is 3.00. The van der Waals surface area contributed by atoms with Crippen LogP contribution >= 0.6 is 0 Å². The molecular weight excluding hydrogens is 276 g/mol. The van der Waals surface area contributed by atoms with E-state index in [2.05, 4.69) is 9.71 Å². The normalized spacial score (nSPS) is 11.6. The molecule has 0 bridgehead atoms. The van der Waals surface area contributed by atoms with Crippen molar-refractivity contribution in [3.63, 3.8) is 0 Å². The molecule has 0 fully saturated rings. The lowest BCUT2D eigenvalue weighted by atomic mass is 10.3. The molecule has 0 spiro atoms. The fourth-order valence-corrected chi connectivity index (χ4v) is 3.07. The van der Waals surface area contributed by atoms with Gasteiger partial charge in [0.15, 0.2) is 0 Å². The van der Waals surface area contributed by atoms with E-state index in [1.165, 1.54) is 0 Å². The van der Waals surface area contributed by atoms with E-state index in [-0.39, 0.29) is 4.90 Å². The first-order valence-corrected chi connectivity index (χ1v) is 7.79. The molecule has 0 aliphatic carbocycles. The van der Waals surface area contributed by atoms with Gasteiger partial charge in [-0.25, -0.2) is 8.42 Å². The van der Waals surface area contributed by atoms with Crippen LogP contribution in [0.5, 0.6) is 0 Å². The van der Waals surface area contributed by atoms with Crippen LogP contribution in [-0.2, 0) is 23.1 Å². The van der Waals surface area contributed by atoms with E-state index >= 15 is 0 Å². The van der Waals surface area contributed by atoms with Crippen molar-refractivity contribution in [2.24, 2.45) is 5.73 Å². The SMILES string of the molecule is CCn1cc(S(=O)(=O)Nc2ccnc(C)c2)cc1CN. The van der Waals surface area contributed by atoms with Crippen LogP contribution < -0.4 is 10.5 Å². The second-order valence-corrected chi connectivity index (χ2v) is 6.13. The van der Waals surface area contributed by atoms with Crippen molar-refractivity contribution in [3.8, 4) is 0 Å². The standard InChI is InChI=1S/C13H18N4O2S/c1-3-17-9-13(7-12(17)8-14)20(18,19)16-11-4-5-15-10(2)6-11/h4-7,9H,3,8,14H2,1-2H3,(H,15,16). The minimum absolute atomic E-state index is 0.217. The molecule has 2 aromatic heterocycles. The Morgan fingerprint density at radius 1 is 1.40 bits per heavy atom. The van der Waals surface area contributed by atoms with Gasteiger partial charge in [0.05, 0.1) is 5.69 Å². The Hall–Kier alpha value is -1.86. The Balaban J connectivity index is 2.33. The predicted octanol–water partition coefficient (Wildman–Crippen LogP) is 1.47. The lowest BCUT2D eigenvalue weighted by molar-refractivity contribution is 0.600. The molecule has 0 radical (unpaired) electrons. The highest BCUT2D eigenvalue weighted by molar-refractivity contribution is 7.92. The molecule has 6 nitrogen and oxygen atoms in total. The topological polar surface area (TPSA) is 90.0 Å². The smallest absolute Gasteiger partial charge is 0.263 e. The van der Waals surface area contributed by atoms with Crippen molar-refractivity contribution in [3.05, 3.63) is 42.0 Å². The van der Waals surface area contributed by atoms with Crippen molar-refractivity contribution in [2.45, 2.75) is 31.8 Å². The van der Waals surface area contributed by atoms with Crippen LogP contribution in [0.2, 0.25) is 0 Å². The van der Waals surface area contributed by atoms with Crippen LogP contribution in [0.15, 0.2) is 35.5 Å². The molecule has 0 aliphatic rings. The Morgan fingerprint density at radius 3 is 2.70 bits per heavy atom. The summed E-state index contributed by atoms with van der Waals surface area (Å²) in [5.41, 5.74) is 7.65. The zero-order chi connectivity index (χ0) is 14.8. The van der Waals surface area contributed by atoms with Gasteiger partial charge < -0.3 is 10.3 Å². The van der Waals surface area contributed by atoms with Crippen LogP contribution in [0.25, 0.3) is 0 Å². The van der Waals surface area contributed by atoms with Crippen molar-refractivity contribution < 1.29 is 8.42 Å². The summed E-state index contributed by atoms with van der Waals surface area (Å²) in [5, 5.41) is 0. The number of sulfonamides is 1. The predicted molar refractivity (Wildman–Crippen MR) is 77.8 cm³/mol. The van der Waals surface area contributed by atoms with Gasteiger partial charge in [0.2, 0.25) is 0 Å². The van der Waals surface area contributed by atoms with E-state index in [1.807, 2.05) is 11.5 Å². The molecule has 0 aliphatic heterocycles. The van der Waals surface area contributed by atoms with E-state index in [9.17, 15) is 8.42 Å². The summed E-state index contributed by atoms with van der Waals surface area (Å²) in [5.74, 6) is 0. The molecule has 0 amide bonds. The second kappa shape index (κ2) is 5.64. The van der Waals surface area contributed by atoms with Crippen LogP contribution in [0.4, 0.5) is 5.69 Å². The van der Waals surface area contributed by atoms with Gasteiger partial charge in [0, 0.05) is 36.9 Å². The first kappa shape index (κ1) is 14.5. The van der Waals surface area contributed by atoms with Crippen LogP contribution in [0, 0.1) is 6.92 Å². The summed E-state index contributed by atoms with van der Waals surface area (Å²) >= 11 is 0. The number of aromatic nitrogens is 2. The zero-order valence-electron chi connectivity index (χ0n) is 11.5. The number of rotatable bonds is 5. The largest absolute Gasteiger partial charge is 0.349 e. The van der Waals surface area contributed by atoms with Crippen molar-refractivity contribution >= 4 is 15.7 Å². The lowest BCUT2D eigenvalue weighted by Crippen LogP contribution is -2.12. The highest BCUT2D eigenvalue weighted by atomic mass is 32.2. The van der Waals surface area contributed by atoms with Gasteiger partial charge in [-0.2, -0.15) is 0 Å². The van der Waals surface area contributed by atoms with Gasteiger partial charge in [0.1, 0.15) is 4.90 Å². The third-order valence-corrected chi connectivity index (χ3v) is 4.32. The number of pyridine rings is 1. The maximum atomic E-state index is 12.3. The fraction of sp³-hybridized carbons (Fsp3) is 0.308. The van der Waals surface area contributed by atoms with E-state index in [1.54, 1.807) is 37.5 Å². The van der Waals surface area contributed by atoms with Gasteiger partial charge in [0.25, 0.3) is 10.0 Å². The fourth-order valence-electron chi connectivity index (χ4n) is 1.96. The van der Waals surface area contributed by atoms with Gasteiger partial charge in [-0.1, -0.05) is 0 Å². The maximum absolute atomic E-state index is 12.3. The van der Waals surface area contributed by atoms with E-state index in [4.69, 9.17) is 5.73 Å². The maximum Gasteiger partial charge on any atom is 0.263 e. The third-order valence-electron chi connectivity index (χ3n) is 2.97. The second-order valence-electron chi connectivity index (χ2n) is 4.45. The molecule has 3 N–H and O–H groups in total. The van der Waals surface area contributed by atoms with Crippen molar-refractivity contribution in [2.75, 3.05) is 4.72 Å². The summed E-state index contributed by atoms with van der Waals surface area (Å²) < 4.78 is 29.0. The Kier molecular flexibility index (Phi) is 4.10. The van der Waals surface area contributed by atoms with E-state index < -0.39 is 10.0 Å². The van der Waals surface area contributed by atoms with Gasteiger partial charge in [-0.05, 0) is 32.0 Å². The first-order chi connectivity index (χ1) is 9.46.